The van der Waals surface area contributed by atoms with Gasteiger partial charge in [-0.05, 0) is 53.6 Å². The van der Waals surface area contributed by atoms with Crippen molar-refractivity contribution in [2.45, 2.75) is 17.5 Å². The molecule has 0 spiro atoms. The Kier molecular flexibility index (Phi) is 7.01. The number of aromatic nitrogens is 2. The van der Waals surface area contributed by atoms with E-state index in [0.29, 0.717) is 41.6 Å². The number of benzene rings is 3. The van der Waals surface area contributed by atoms with Crippen LogP contribution in [0.25, 0.3) is 10.9 Å². The summed E-state index contributed by atoms with van der Waals surface area (Å²) in [5.41, 5.74) is 3.35. The number of thioether (sulfide) groups is 1. The molecule has 0 amide bonds. The highest BCUT2D eigenvalue weighted by molar-refractivity contribution is 7.98. The van der Waals surface area contributed by atoms with Gasteiger partial charge in [0.15, 0.2) is 5.16 Å². The SMILES string of the molecule is COc1ccc(Cn2c(SCc3cccc(F)c3)nc3ccc(N4CCOCC4)cc3c2=O)cc1. The Hall–Kier alpha value is -3.36. The van der Waals surface area contributed by atoms with Crippen LogP contribution in [0.1, 0.15) is 11.1 Å². The van der Waals surface area contributed by atoms with Crippen LogP contribution in [0, 0.1) is 5.82 Å². The summed E-state index contributed by atoms with van der Waals surface area (Å²) in [6.45, 7) is 3.31. The molecule has 0 bridgehead atoms. The van der Waals surface area contributed by atoms with Crippen molar-refractivity contribution in [3.63, 3.8) is 0 Å². The molecule has 4 aromatic rings. The minimum absolute atomic E-state index is 0.0948. The number of halogens is 1. The third-order valence-electron chi connectivity index (χ3n) is 6.04. The standard InChI is InChI=1S/C27H26FN3O3S/c1-33-23-8-5-19(6-9-23)17-31-26(32)24-16-22(30-11-13-34-14-12-30)7-10-25(24)29-27(31)35-18-20-3-2-4-21(28)15-20/h2-10,15-16H,11-14,17-18H2,1H3. The Bertz CT molecular complexity index is 1390. The molecule has 2 heterocycles. The first kappa shape index (κ1) is 23.4. The predicted molar refractivity (Wildman–Crippen MR) is 137 cm³/mol. The topological polar surface area (TPSA) is 56.6 Å². The van der Waals surface area contributed by atoms with Crippen LogP contribution in [-0.2, 0) is 17.0 Å². The van der Waals surface area contributed by atoms with Gasteiger partial charge in [-0.3, -0.25) is 9.36 Å². The minimum Gasteiger partial charge on any atom is -0.497 e. The van der Waals surface area contributed by atoms with Gasteiger partial charge in [-0.15, -0.1) is 0 Å². The summed E-state index contributed by atoms with van der Waals surface area (Å²) in [6, 6.07) is 20.0. The molecule has 8 heteroatoms. The average molecular weight is 492 g/mol. The summed E-state index contributed by atoms with van der Waals surface area (Å²) >= 11 is 1.43. The Morgan fingerprint density at radius 3 is 2.57 bits per heavy atom. The van der Waals surface area contributed by atoms with E-state index in [0.717, 1.165) is 35.7 Å². The maximum absolute atomic E-state index is 13.8. The highest BCUT2D eigenvalue weighted by Gasteiger charge is 2.16. The van der Waals surface area contributed by atoms with E-state index in [4.69, 9.17) is 14.5 Å². The van der Waals surface area contributed by atoms with E-state index in [1.807, 2.05) is 48.5 Å². The Balaban J connectivity index is 1.54. The van der Waals surface area contributed by atoms with Crippen molar-refractivity contribution in [1.29, 1.82) is 0 Å². The summed E-state index contributed by atoms with van der Waals surface area (Å²) < 4.78 is 26.1. The summed E-state index contributed by atoms with van der Waals surface area (Å²) in [5, 5.41) is 1.18. The van der Waals surface area contributed by atoms with Crippen molar-refractivity contribution < 1.29 is 13.9 Å². The lowest BCUT2D eigenvalue weighted by Crippen LogP contribution is -2.36. The average Bonchev–Trinajstić information content (AvgIpc) is 2.90. The first-order valence-corrected chi connectivity index (χ1v) is 12.5. The van der Waals surface area contributed by atoms with Gasteiger partial charge in [-0.1, -0.05) is 36.0 Å². The molecule has 3 aromatic carbocycles. The zero-order chi connectivity index (χ0) is 24.2. The van der Waals surface area contributed by atoms with Crippen molar-refractivity contribution in [2.24, 2.45) is 0 Å². The van der Waals surface area contributed by atoms with Crippen molar-refractivity contribution >= 4 is 28.4 Å². The summed E-state index contributed by atoms with van der Waals surface area (Å²) in [4.78, 5) is 20.8. The maximum Gasteiger partial charge on any atom is 0.262 e. The van der Waals surface area contributed by atoms with Crippen molar-refractivity contribution in [3.05, 3.63) is 94.0 Å². The van der Waals surface area contributed by atoms with Crippen LogP contribution in [0.4, 0.5) is 10.1 Å². The number of hydrogen-bond acceptors (Lipinski definition) is 6. The molecule has 1 fully saturated rings. The Morgan fingerprint density at radius 1 is 1.03 bits per heavy atom. The second-order valence-corrected chi connectivity index (χ2v) is 9.30. The van der Waals surface area contributed by atoms with E-state index in [2.05, 4.69) is 4.90 Å². The zero-order valence-corrected chi connectivity index (χ0v) is 20.3. The molecule has 0 N–H and O–H groups in total. The van der Waals surface area contributed by atoms with Crippen LogP contribution in [-0.4, -0.2) is 43.0 Å². The molecule has 1 aliphatic heterocycles. The minimum atomic E-state index is -0.277. The molecule has 180 valence electrons. The van der Waals surface area contributed by atoms with E-state index in [-0.39, 0.29) is 11.4 Å². The monoisotopic (exact) mass is 491 g/mol. The van der Waals surface area contributed by atoms with Crippen LogP contribution >= 0.6 is 11.8 Å². The molecule has 6 nitrogen and oxygen atoms in total. The molecule has 0 aliphatic carbocycles. The number of ether oxygens (including phenoxy) is 2. The Labute approximate surface area is 207 Å². The summed E-state index contributed by atoms with van der Waals surface area (Å²) in [7, 11) is 1.62. The lowest BCUT2D eigenvalue weighted by Gasteiger charge is -2.29. The molecule has 0 radical (unpaired) electrons. The van der Waals surface area contributed by atoms with Crippen molar-refractivity contribution in [2.75, 3.05) is 38.3 Å². The molecule has 1 aromatic heterocycles. The first-order valence-electron chi connectivity index (χ1n) is 11.5. The maximum atomic E-state index is 13.8. The number of methoxy groups -OCH3 is 1. The number of hydrogen-bond donors (Lipinski definition) is 0. The van der Waals surface area contributed by atoms with E-state index >= 15 is 0 Å². The highest BCUT2D eigenvalue weighted by Crippen LogP contribution is 2.26. The van der Waals surface area contributed by atoms with Crippen molar-refractivity contribution in [1.82, 2.24) is 9.55 Å². The molecule has 0 saturated carbocycles. The smallest absolute Gasteiger partial charge is 0.262 e. The summed E-state index contributed by atoms with van der Waals surface area (Å²) in [6.07, 6.45) is 0. The molecular weight excluding hydrogens is 465 g/mol. The highest BCUT2D eigenvalue weighted by atomic mass is 32.2. The normalized spacial score (nSPS) is 13.8. The fourth-order valence-electron chi connectivity index (χ4n) is 4.14. The predicted octanol–water partition coefficient (Wildman–Crippen LogP) is 4.72. The first-order chi connectivity index (χ1) is 17.1. The molecule has 1 saturated heterocycles. The largest absolute Gasteiger partial charge is 0.497 e. The van der Waals surface area contributed by atoms with E-state index in [1.54, 1.807) is 17.7 Å². The zero-order valence-electron chi connectivity index (χ0n) is 19.4. The summed E-state index contributed by atoms with van der Waals surface area (Å²) in [5.74, 6) is 0.985. The molecular formula is C27H26FN3O3S. The lowest BCUT2D eigenvalue weighted by molar-refractivity contribution is 0.122. The van der Waals surface area contributed by atoms with Gasteiger partial charge in [0, 0.05) is 24.5 Å². The van der Waals surface area contributed by atoms with Crippen LogP contribution < -0.4 is 15.2 Å². The lowest BCUT2D eigenvalue weighted by atomic mass is 10.2. The fourth-order valence-corrected chi connectivity index (χ4v) is 5.09. The number of fused-ring (bicyclic) bond motifs is 1. The number of nitrogens with zero attached hydrogens (tertiary/aromatic N) is 3. The second kappa shape index (κ2) is 10.5. The second-order valence-electron chi connectivity index (χ2n) is 8.35. The van der Waals surface area contributed by atoms with Gasteiger partial charge in [0.2, 0.25) is 0 Å². The number of rotatable bonds is 7. The van der Waals surface area contributed by atoms with Crippen LogP contribution in [0.2, 0.25) is 0 Å². The molecule has 0 unspecified atom stereocenters. The Morgan fingerprint density at radius 2 is 1.83 bits per heavy atom. The quantitative estimate of drug-likeness (QED) is 0.275. The van der Waals surface area contributed by atoms with E-state index in [1.165, 1.54) is 23.9 Å². The van der Waals surface area contributed by atoms with Crippen LogP contribution in [0.5, 0.6) is 5.75 Å². The molecule has 1 aliphatic rings. The van der Waals surface area contributed by atoms with E-state index < -0.39 is 0 Å². The van der Waals surface area contributed by atoms with E-state index in [9.17, 15) is 9.18 Å². The number of anilines is 1. The van der Waals surface area contributed by atoms with Crippen LogP contribution in [0.3, 0.4) is 0 Å². The van der Waals surface area contributed by atoms with Gasteiger partial charge >= 0.3 is 0 Å². The fraction of sp³-hybridized carbons (Fsp3) is 0.259. The van der Waals surface area contributed by atoms with Gasteiger partial charge in [-0.2, -0.15) is 0 Å². The van der Waals surface area contributed by atoms with Gasteiger partial charge in [0.05, 0.1) is 37.8 Å². The van der Waals surface area contributed by atoms with Gasteiger partial charge < -0.3 is 14.4 Å². The third kappa shape index (κ3) is 5.33. The van der Waals surface area contributed by atoms with Crippen LogP contribution in [0.15, 0.2) is 76.7 Å². The molecule has 35 heavy (non-hydrogen) atoms. The van der Waals surface area contributed by atoms with Gasteiger partial charge in [0.25, 0.3) is 5.56 Å². The molecule has 5 rings (SSSR count). The van der Waals surface area contributed by atoms with Gasteiger partial charge in [-0.25, -0.2) is 9.37 Å². The third-order valence-corrected chi connectivity index (χ3v) is 7.08. The van der Waals surface area contributed by atoms with Crippen molar-refractivity contribution in [3.8, 4) is 5.75 Å². The number of morpholine rings is 1. The molecule has 0 atom stereocenters. The van der Waals surface area contributed by atoms with Gasteiger partial charge in [0.1, 0.15) is 11.6 Å².